The summed E-state index contributed by atoms with van der Waals surface area (Å²) in [4.78, 5) is 28.6. The molecule has 3 rings (SSSR count). The highest BCUT2D eigenvalue weighted by Gasteiger charge is 2.35. The highest BCUT2D eigenvalue weighted by Crippen LogP contribution is 2.41. The molecule has 0 saturated carbocycles. The van der Waals surface area contributed by atoms with E-state index in [4.69, 9.17) is 9.47 Å². The van der Waals surface area contributed by atoms with Gasteiger partial charge in [-0.15, -0.1) is 11.8 Å². The summed E-state index contributed by atoms with van der Waals surface area (Å²) in [5.41, 5.74) is 2.59. The van der Waals surface area contributed by atoms with Crippen molar-refractivity contribution >= 4 is 29.3 Å². The Kier molecular flexibility index (Phi) is 7.88. The van der Waals surface area contributed by atoms with E-state index in [0.29, 0.717) is 0 Å². The van der Waals surface area contributed by atoms with Crippen LogP contribution < -0.4 is 9.64 Å². The maximum atomic E-state index is 13.4. The zero-order valence-electron chi connectivity index (χ0n) is 19.6. The molecule has 0 fully saturated rings. The van der Waals surface area contributed by atoms with E-state index >= 15 is 0 Å². The summed E-state index contributed by atoms with van der Waals surface area (Å²) in [6.45, 7) is 7.53. The number of benzene rings is 2. The molecule has 2 aromatic carbocycles. The van der Waals surface area contributed by atoms with Gasteiger partial charge in [0, 0.05) is 4.90 Å². The number of hydrogen-bond acceptors (Lipinski definition) is 5. The number of amides is 1. The molecule has 0 bridgehead atoms. The summed E-state index contributed by atoms with van der Waals surface area (Å²) in [6.07, 6.45) is 3.40. The maximum Gasteiger partial charge on any atom is 0.326 e. The topological polar surface area (TPSA) is 55.8 Å². The number of aryl methyl sites for hydroxylation is 2. The van der Waals surface area contributed by atoms with Crippen molar-refractivity contribution in [2.75, 3.05) is 18.6 Å². The van der Waals surface area contributed by atoms with Gasteiger partial charge in [-0.2, -0.15) is 0 Å². The molecule has 1 aliphatic rings. The van der Waals surface area contributed by atoms with Crippen molar-refractivity contribution in [3.63, 3.8) is 0 Å². The minimum absolute atomic E-state index is 0.0173. The van der Waals surface area contributed by atoms with Crippen LogP contribution in [0.1, 0.15) is 51.7 Å². The Balaban J connectivity index is 1.73. The fourth-order valence-electron chi connectivity index (χ4n) is 3.72. The van der Waals surface area contributed by atoms with Crippen molar-refractivity contribution in [2.24, 2.45) is 0 Å². The van der Waals surface area contributed by atoms with E-state index in [1.807, 2.05) is 39.0 Å². The molecule has 0 saturated heterocycles. The van der Waals surface area contributed by atoms with Crippen LogP contribution in [0.4, 0.5) is 5.69 Å². The maximum absolute atomic E-state index is 13.4. The zero-order valence-corrected chi connectivity index (χ0v) is 20.5. The normalized spacial score (nSPS) is 16.0. The van der Waals surface area contributed by atoms with E-state index in [1.165, 1.54) is 5.56 Å². The van der Waals surface area contributed by atoms with Crippen LogP contribution in [0.3, 0.4) is 0 Å². The first-order valence-corrected chi connectivity index (χ1v) is 12.0. The monoisotopic (exact) mass is 455 g/mol. The Morgan fingerprint density at radius 2 is 1.78 bits per heavy atom. The van der Waals surface area contributed by atoms with Gasteiger partial charge in [0.05, 0.1) is 18.0 Å². The van der Waals surface area contributed by atoms with Crippen LogP contribution in [0, 0.1) is 0 Å². The van der Waals surface area contributed by atoms with Crippen LogP contribution in [0.25, 0.3) is 0 Å². The molecule has 6 heteroatoms. The molecule has 172 valence electrons. The van der Waals surface area contributed by atoms with Crippen LogP contribution >= 0.6 is 11.8 Å². The van der Waals surface area contributed by atoms with Gasteiger partial charge < -0.3 is 9.47 Å². The van der Waals surface area contributed by atoms with Crippen molar-refractivity contribution in [2.45, 2.75) is 69.1 Å². The standard InChI is InChI=1S/C26H33NO4S/c1-6-18-12-15-22-21(16-18)27(17-24(28)31-26(2,3)4)25(29)23(32-22)9-7-8-19-10-13-20(30-5)14-11-19/h10-16,23H,6-9,17H2,1-5H3. The number of thioether (sulfide) groups is 1. The molecule has 5 nitrogen and oxygen atoms in total. The minimum Gasteiger partial charge on any atom is -0.497 e. The molecule has 2 aromatic rings. The first kappa shape index (κ1) is 24.2. The molecule has 0 radical (unpaired) electrons. The van der Waals surface area contributed by atoms with Gasteiger partial charge in [0.15, 0.2) is 0 Å². The second-order valence-electron chi connectivity index (χ2n) is 9.01. The van der Waals surface area contributed by atoms with Gasteiger partial charge in [-0.1, -0.05) is 25.1 Å². The lowest BCUT2D eigenvalue weighted by atomic mass is 10.1. The van der Waals surface area contributed by atoms with Gasteiger partial charge >= 0.3 is 5.97 Å². The Bertz CT molecular complexity index is 949. The summed E-state index contributed by atoms with van der Waals surface area (Å²) >= 11 is 1.61. The number of carbonyl (C=O) groups excluding carboxylic acids is 2. The van der Waals surface area contributed by atoms with Crippen LogP contribution in [0.5, 0.6) is 5.75 Å². The number of nitrogens with zero attached hydrogens (tertiary/aromatic N) is 1. The third-order valence-electron chi connectivity index (χ3n) is 5.33. The molecule has 1 aliphatic heterocycles. The SMILES string of the molecule is CCc1ccc2c(c1)N(CC(=O)OC(C)(C)C)C(=O)C(CCCc1ccc(OC)cc1)S2. The molecule has 32 heavy (non-hydrogen) atoms. The molecule has 0 aromatic heterocycles. The number of ether oxygens (including phenoxy) is 2. The Hall–Kier alpha value is -2.47. The second-order valence-corrected chi connectivity index (χ2v) is 10.3. The lowest BCUT2D eigenvalue weighted by molar-refractivity contribution is -0.153. The van der Waals surface area contributed by atoms with Crippen molar-refractivity contribution < 1.29 is 19.1 Å². The van der Waals surface area contributed by atoms with E-state index in [0.717, 1.165) is 47.6 Å². The molecule has 1 atom stereocenters. The molecular weight excluding hydrogens is 422 g/mol. The molecule has 1 unspecified atom stereocenters. The van der Waals surface area contributed by atoms with Gasteiger partial charge in [-0.25, -0.2) is 0 Å². The molecule has 1 amide bonds. The predicted octanol–water partition coefficient (Wildman–Crippen LogP) is 5.43. The van der Waals surface area contributed by atoms with Crippen molar-refractivity contribution in [1.29, 1.82) is 0 Å². The van der Waals surface area contributed by atoms with Gasteiger partial charge in [-0.05, 0) is 81.8 Å². The predicted molar refractivity (Wildman–Crippen MR) is 130 cm³/mol. The summed E-state index contributed by atoms with van der Waals surface area (Å²) < 4.78 is 10.7. The van der Waals surface area contributed by atoms with Crippen molar-refractivity contribution in [3.8, 4) is 5.75 Å². The molecular formula is C26H33NO4S. The van der Waals surface area contributed by atoms with Crippen LogP contribution in [0.2, 0.25) is 0 Å². The number of rotatable bonds is 8. The van der Waals surface area contributed by atoms with Crippen molar-refractivity contribution in [3.05, 3.63) is 53.6 Å². The third kappa shape index (κ3) is 6.28. The summed E-state index contributed by atoms with van der Waals surface area (Å²) in [6, 6.07) is 14.2. The quantitative estimate of drug-likeness (QED) is 0.497. The van der Waals surface area contributed by atoms with E-state index < -0.39 is 5.60 Å². The summed E-state index contributed by atoms with van der Waals surface area (Å²) in [7, 11) is 1.66. The van der Waals surface area contributed by atoms with Gasteiger partial charge in [0.25, 0.3) is 0 Å². The molecule has 0 aliphatic carbocycles. The zero-order chi connectivity index (χ0) is 23.3. The lowest BCUT2D eigenvalue weighted by Crippen LogP contribution is -2.45. The number of fused-ring (bicyclic) bond motifs is 1. The summed E-state index contributed by atoms with van der Waals surface area (Å²) in [5.74, 6) is 0.437. The molecule has 0 spiro atoms. The molecule has 0 N–H and O–H groups in total. The number of anilines is 1. The lowest BCUT2D eigenvalue weighted by Gasteiger charge is -2.34. The van der Waals surface area contributed by atoms with E-state index in [2.05, 4.69) is 31.2 Å². The van der Waals surface area contributed by atoms with E-state index in [-0.39, 0.29) is 23.7 Å². The first-order chi connectivity index (χ1) is 15.2. The first-order valence-electron chi connectivity index (χ1n) is 11.2. The number of methoxy groups -OCH3 is 1. The smallest absolute Gasteiger partial charge is 0.326 e. The fourth-order valence-corrected chi connectivity index (χ4v) is 4.98. The highest BCUT2D eigenvalue weighted by molar-refractivity contribution is 8.01. The summed E-state index contributed by atoms with van der Waals surface area (Å²) in [5, 5.41) is -0.212. The molecule has 1 heterocycles. The Morgan fingerprint density at radius 1 is 1.09 bits per heavy atom. The van der Waals surface area contributed by atoms with Crippen molar-refractivity contribution in [1.82, 2.24) is 0 Å². The Morgan fingerprint density at radius 3 is 2.41 bits per heavy atom. The van der Waals surface area contributed by atoms with Crippen LogP contribution in [-0.2, 0) is 27.2 Å². The third-order valence-corrected chi connectivity index (χ3v) is 6.65. The number of hydrogen-bond donors (Lipinski definition) is 0. The average molecular weight is 456 g/mol. The fraction of sp³-hybridized carbons (Fsp3) is 0.462. The van der Waals surface area contributed by atoms with E-state index in [9.17, 15) is 9.59 Å². The largest absolute Gasteiger partial charge is 0.497 e. The van der Waals surface area contributed by atoms with E-state index in [1.54, 1.807) is 23.8 Å². The van der Waals surface area contributed by atoms with Gasteiger partial charge in [0.1, 0.15) is 17.9 Å². The average Bonchev–Trinajstić information content (AvgIpc) is 2.75. The second kappa shape index (κ2) is 10.4. The minimum atomic E-state index is -0.587. The number of carbonyl (C=O) groups is 2. The van der Waals surface area contributed by atoms with Crippen LogP contribution in [0.15, 0.2) is 47.4 Å². The van der Waals surface area contributed by atoms with Gasteiger partial charge in [-0.3, -0.25) is 14.5 Å². The van der Waals surface area contributed by atoms with Gasteiger partial charge in [0.2, 0.25) is 5.91 Å². The number of esters is 1. The highest BCUT2D eigenvalue weighted by atomic mass is 32.2. The Labute approximate surface area is 195 Å². The van der Waals surface area contributed by atoms with Crippen LogP contribution in [-0.4, -0.2) is 36.4 Å².